The molecular formula is C22H22N4O2. The summed E-state index contributed by atoms with van der Waals surface area (Å²) in [4.78, 5) is 23.5. The summed E-state index contributed by atoms with van der Waals surface area (Å²) in [5, 5.41) is 2.98. The average Bonchev–Trinajstić information content (AvgIpc) is 3.60. The van der Waals surface area contributed by atoms with E-state index in [1.54, 1.807) is 0 Å². The summed E-state index contributed by atoms with van der Waals surface area (Å²) in [6.45, 7) is 3.13. The van der Waals surface area contributed by atoms with Gasteiger partial charge in [0.15, 0.2) is 0 Å². The highest BCUT2D eigenvalue weighted by molar-refractivity contribution is 5.94. The van der Waals surface area contributed by atoms with E-state index in [0.717, 1.165) is 72.8 Å². The molecule has 1 N–H and O–H groups in total. The highest BCUT2D eigenvalue weighted by Gasteiger charge is 2.29. The lowest BCUT2D eigenvalue weighted by molar-refractivity contribution is -0.117. The number of hydrogen-bond acceptors (Lipinski definition) is 5. The number of carbonyl (C=O) groups is 1. The lowest BCUT2D eigenvalue weighted by Crippen LogP contribution is -2.36. The lowest BCUT2D eigenvalue weighted by atomic mass is 10.0. The van der Waals surface area contributed by atoms with E-state index in [4.69, 9.17) is 9.72 Å². The second-order valence-corrected chi connectivity index (χ2v) is 7.37. The number of nitrogens with zero attached hydrogens (tertiary/aromatic N) is 3. The normalized spacial score (nSPS) is 16.9. The van der Waals surface area contributed by atoms with E-state index in [-0.39, 0.29) is 11.8 Å². The van der Waals surface area contributed by atoms with E-state index < -0.39 is 0 Å². The van der Waals surface area contributed by atoms with Crippen molar-refractivity contribution in [1.29, 1.82) is 0 Å². The van der Waals surface area contributed by atoms with Crippen LogP contribution in [-0.2, 0) is 9.53 Å². The van der Waals surface area contributed by atoms with Crippen LogP contribution in [0.3, 0.4) is 0 Å². The fourth-order valence-corrected chi connectivity index (χ4v) is 3.46. The molecule has 142 valence electrons. The molecule has 2 heterocycles. The number of fused-ring (bicyclic) bond motifs is 1. The first-order chi connectivity index (χ1) is 13.8. The van der Waals surface area contributed by atoms with Crippen molar-refractivity contribution < 1.29 is 9.53 Å². The number of benzene rings is 2. The molecule has 6 nitrogen and oxygen atoms in total. The highest BCUT2D eigenvalue weighted by Crippen LogP contribution is 2.31. The Morgan fingerprint density at radius 3 is 2.50 bits per heavy atom. The zero-order chi connectivity index (χ0) is 18.9. The molecule has 2 fully saturated rings. The fourth-order valence-electron chi connectivity index (χ4n) is 3.46. The molecule has 0 bridgehead atoms. The Bertz CT molecular complexity index is 1010. The van der Waals surface area contributed by atoms with E-state index in [2.05, 4.69) is 27.3 Å². The monoisotopic (exact) mass is 374 g/mol. The van der Waals surface area contributed by atoms with Gasteiger partial charge in [0.25, 0.3) is 0 Å². The molecule has 1 saturated carbocycles. The molecule has 6 heteroatoms. The molecule has 1 aliphatic carbocycles. The molecular weight excluding hydrogens is 352 g/mol. The molecule has 0 atom stereocenters. The molecule has 1 saturated heterocycles. The van der Waals surface area contributed by atoms with Crippen molar-refractivity contribution in [2.45, 2.75) is 12.8 Å². The van der Waals surface area contributed by atoms with E-state index in [0.29, 0.717) is 0 Å². The van der Waals surface area contributed by atoms with Crippen molar-refractivity contribution in [2.24, 2.45) is 5.92 Å². The van der Waals surface area contributed by atoms with E-state index in [9.17, 15) is 4.79 Å². The zero-order valence-corrected chi connectivity index (χ0v) is 15.6. The summed E-state index contributed by atoms with van der Waals surface area (Å²) in [5.41, 5.74) is 4.78. The Morgan fingerprint density at radius 2 is 1.75 bits per heavy atom. The van der Waals surface area contributed by atoms with Crippen molar-refractivity contribution in [3.63, 3.8) is 0 Å². The van der Waals surface area contributed by atoms with Gasteiger partial charge in [-0.2, -0.15) is 0 Å². The van der Waals surface area contributed by atoms with Crippen molar-refractivity contribution in [3.8, 4) is 11.1 Å². The molecule has 0 spiro atoms. The predicted molar refractivity (Wildman–Crippen MR) is 109 cm³/mol. The summed E-state index contributed by atoms with van der Waals surface area (Å²) < 4.78 is 5.42. The maximum atomic E-state index is 11.9. The van der Waals surface area contributed by atoms with Crippen LogP contribution >= 0.6 is 0 Å². The fraction of sp³-hybridized carbons (Fsp3) is 0.318. The quantitative estimate of drug-likeness (QED) is 0.757. The third kappa shape index (κ3) is 3.55. The lowest BCUT2D eigenvalue weighted by Gasteiger charge is -2.27. The minimum absolute atomic E-state index is 0.129. The van der Waals surface area contributed by atoms with Crippen LogP contribution in [0.15, 0.2) is 48.7 Å². The van der Waals surface area contributed by atoms with Crippen molar-refractivity contribution >= 4 is 28.4 Å². The summed E-state index contributed by atoms with van der Waals surface area (Å²) in [6.07, 6.45) is 3.85. The van der Waals surface area contributed by atoms with Crippen LogP contribution in [0, 0.1) is 5.92 Å². The predicted octanol–water partition coefficient (Wildman–Crippen LogP) is 3.48. The van der Waals surface area contributed by atoms with Gasteiger partial charge in [-0.15, -0.1) is 0 Å². The van der Waals surface area contributed by atoms with Gasteiger partial charge in [0.1, 0.15) is 5.82 Å². The van der Waals surface area contributed by atoms with Crippen LogP contribution in [0.1, 0.15) is 12.8 Å². The summed E-state index contributed by atoms with van der Waals surface area (Å²) in [7, 11) is 0. The number of hydrogen-bond donors (Lipinski definition) is 1. The first kappa shape index (κ1) is 17.1. The standard InChI is InChI=1S/C22H22N4O2/c27-22(16-1-2-16)24-18-6-3-15(4-7-18)17-5-8-19-20(13-17)25-21(14-23-19)26-9-11-28-12-10-26/h3-8,13-14,16H,1-2,9-12H2,(H,24,27). The number of aromatic nitrogens is 2. The Labute approximate surface area is 163 Å². The van der Waals surface area contributed by atoms with Gasteiger partial charge in [-0.05, 0) is 48.2 Å². The van der Waals surface area contributed by atoms with Crippen LogP contribution < -0.4 is 10.2 Å². The van der Waals surface area contributed by atoms with Crippen molar-refractivity contribution in [2.75, 3.05) is 36.5 Å². The smallest absolute Gasteiger partial charge is 0.227 e. The Hall–Kier alpha value is -2.99. The Morgan fingerprint density at radius 1 is 1.00 bits per heavy atom. The SMILES string of the molecule is O=C(Nc1ccc(-c2ccc3ncc(N4CCOCC4)nc3c2)cc1)C1CC1. The van der Waals surface area contributed by atoms with E-state index >= 15 is 0 Å². The molecule has 5 rings (SSSR count). The van der Waals surface area contributed by atoms with E-state index in [1.165, 1.54) is 0 Å². The summed E-state index contributed by atoms with van der Waals surface area (Å²) >= 11 is 0. The zero-order valence-electron chi connectivity index (χ0n) is 15.6. The number of rotatable bonds is 4. The number of ether oxygens (including phenoxy) is 1. The van der Waals surface area contributed by atoms with Crippen LogP contribution in [0.2, 0.25) is 0 Å². The van der Waals surface area contributed by atoms with Crippen LogP contribution in [0.4, 0.5) is 11.5 Å². The molecule has 0 unspecified atom stereocenters. The molecule has 28 heavy (non-hydrogen) atoms. The first-order valence-corrected chi connectivity index (χ1v) is 9.77. The van der Waals surface area contributed by atoms with Crippen LogP contribution in [-0.4, -0.2) is 42.2 Å². The molecule has 1 aromatic heterocycles. The van der Waals surface area contributed by atoms with Gasteiger partial charge in [-0.25, -0.2) is 4.98 Å². The largest absolute Gasteiger partial charge is 0.378 e. The van der Waals surface area contributed by atoms with Gasteiger partial charge in [0, 0.05) is 24.7 Å². The molecule has 1 aliphatic heterocycles. The van der Waals surface area contributed by atoms with Gasteiger partial charge >= 0.3 is 0 Å². The van der Waals surface area contributed by atoms with Crippen LogP contribution in [0.5, 0.6) is 0 Å². The number of anilines is 2. The Kier molecular flexibility index (Phi) is 4.41. The van der Waals surface area contributed by atoms with Gasteiger partial charge in [-0.1, -0.05) is 18.2 Å². The maximum absolute atomic E-state index is 11.9. The summed E-state index contributed by atoms with van der Waals surface area (Å²) in [5.74, 6) is 1.23. The molecule has 3 aromatic rings. The molecule has 2 aliphatic rings. The van der Waals surface area contributed by atoms with Gasteiger partial charge in [-0.3, -0.25) is 9.78 Å². The van der Waals surface area contributed by atoms with E-state index in [1.807, 2.05) is 36.5 Å². The number of amides is 1. The summed E-state index contributed by atoms with van der Waals surface area (Å²) in [6, 6.07) is 14.1. The minimum atomic E-state index is 0.129. The van der Waals surface area contributed by atoms with Crippen LogP contribution in [0.25, 0.3) is 22.2 Å². The second kappa shape index (κ2) is 7.20. The topological polar surface area (TPSA) is 67.4 Å². The Balaban J connectivity index is 1.39. The van der Waals surface area contributed by atoms with Crippen molar-refractivity contribution in [3.05, 3.63) is 48.7 Å². The van der Waals surface area contributed by atoms with Gasteiger partial charge in [0.05, 0.1) is 30.4 Å². The minimum Gasteiger partial charge on any atom is -0.378 e. The highest BCUT2D eigenvalue weighted by atomic mass is 16.5. The average molecular weight is 374 g/mol. The number of morpholine rings is 1. The number of carbonyl (C=O) groups excluding carboxylic acids is 1. The van der Waals surface area contributed by atoms with Gasteiger partial charge < -0.3 is 15.0 Å². The second-order valence-electron chi connectivity index (χ2n) is 7.37. The number of nitrogens with one attached hydrogen (secondary N) is 1. The third-order valence-electron chi connectivity index (χ3n) is 5.30. The molecule has 2 aromatic carbocycles. The van der Waals surface area contributed by atoms with Gasteiger partial charge in [0.2, 0.25) is 5.91 Å². The maximum Gasteiger partial charge on any atom is 0.227 e. The molecule has 0 radical (unpaired) electrons. The molecule has 1 amide bonds. The third-order valence-corrected chi connectivity index (χ3v) is 5.30. The van der Waals surface area contributed by atoms with Crippen molar-refractivity contribution in [1.82, 2.24) is 9.97 Å². The first-order valence-electron chi connectivity index (χ1n) is 9.77.